The molecular formula is C17H34O4Si. The van der Waals surface area contributed by atoms with Crippen molar-refractivity contribution in [3.8, 4) is 0 Å². The van der Waals surface area contributed by atoms with E-state index in [4.69, 9.17) is 9.16 Å². The smallest absolute Gasteiger partial charge is 0.338 e. The fourth-order valence-corrected chi connectivity index (χ4v) is 8.66. The third-order valence-corrected chi connectivity index (χ3v) is 10.3. The van der Waals surface area contributed by atoms with Gasteiger partial charge in [-0.15, -0.1) is 0 Å². The molecule has 22 heavy (non-hydrogen) atoms. The van der Waals surface area contributed by atoms with Crippen LogP contribution in [-0.2, 0) is 14.0 Å². The molecule has 0 aliphatic rings. The minimum Gasteiger partial charge on any atom is -0.546 e. The van der Waals surface area contributed by atoms with Gasteiger partial charge in [-0.1, -0.05) is 48.1 Å². The Morgan fingerprint density at radius 3 is 1.86 bits per heavy atom. The second kappa shape index (κ2) is 8.16. The van der Waals surface area contributed by atoms with Crippen molar-refractivity contribution >= 4 is 14.3 Å². The van der Waals surface area contributed by atoms with Gasteiger partial charge < -0.3 is 14.3 Å². The molecule has 0 saturated heterocycles. The van der Waals surface area contributed by atoms with Gasteiger partial charge in [-0.05, 0) is 30.5 Å². The highest BCUT2D eigenvalue weighted by atomic mass is 28.4. The summed E-state index contributed by atoms with van der Waals surface area (Å²) in [6, 6.07) is 0. The van der Waals surface area contributed by atoms with Gasteiger partial charge in [0.15, 0.2) is 5.60 Å². The van der Waals surface area contributed by atoms with Crippen LogP contribution in [0, 0.1) is 0 Å². The Balaban J connectivity index is 5.18. The van der Waals surface area contributed by atoms with Gasteiger partial charge in [0.1, 0.15) is 0 Å². The van der Waals surface area contributed by atoms with E-state index < -0.39 is 19.9 Å². The molecule has 1 atom stereocenters. The molecule has 0 aliphatic heterocycles. The molecule has 0 unspecified atom stereocenters. The molecule has 0 aromatic heterocycles. The predicted molar refractivity (Wildman–Crippen MR) is 93.1 cm³/mol. The zero-order chi connectivity index (χ0) is 17.7. The van der Waals surface area contributed by atoms with Gasteiger partial charge in [-0.2, -0.15) is 0 Å². The Labute approximate surface area is 137 Å². The number of ether oxygens (including phenoxy) is 1. The SMILES string of the molecule is C=C(C[C@](C)(O)C(=O)OCC)O[Si](C(C)C)(C(C)C)C(C)C. The van der Waals surface area contributed by atoms with Gasteiger partial charge in [0, 0.05) is 6.42 Å². The Morgan fingerprint density at radius 1 is 1.14 bits per heavy atom. The van der Waals surface area contributed by atoms with Gasteiger partial charge in [-0.3, -0.25) is 0 Å². The van der Waals surface area contributed by atoms with Crippen molar-refractivity contribution in [2.24, 2.45) is 0 Å². The molecular weight excluding hydrogens is 296 g/mol. The van der Waals surface area contributed by atoms with Crippen molar-refractivity contribution in [2.45, 2.75) is 84.0 Å². The van der Waals surface area contributed by atoms with Crippen LogP contribution in [0.5, 0.6) is 0 Å². The predicted octanol–water partition coefficient (Wildman–Crippen LogP) is 4.40. The monoisotopic (exact) mass is 330 g/mol. The normalized spacial score (nSPS) is 15.1. The van der Waals surface area contributed by atoms with Crippen LogP contribution in [0.3, 0.4) is 0 Å². The molecule has 0 heterocycles. The molecule has 0 aromatic rings. The summed E-state index contributed by atoms with van der Waals surface area (Å²) >= 11 is 0. The van der Waals surface area contributed by atoms with Crippen molar-refractivity contribution in [2.75, 3.05) is 6.61 Å². The van der Waals surface area contributed by atoms with E-state index in [0.29, 0.717) is 22.4 Å². The van der Waals surface area contributed by atoms with Crippen LogP contribution >= 0.6 is 0 Å². The molecule has 130 valence electrons. The molecule has 0 saturated carbocycles. The maximum atomic E-state index is 11.8. The second-order valence-corrected chi connectivity index (χ2v) is 12.5. The molecule has 0 spiro atoms. The summed E-state index contributed by atoms with van der Waals surface area (Å²) < 4.78 is 11.3. The molecule has 0 amide bonds. The number of carbonyl (C=O) groups is 1. The molecule has 0 aromatic carbocycles. The zero-order valence-corrected chi connectivity index (χ0v) is 16.5. The average Bonchev–Trinajstić information content (AvgIpc) is 2.34. The van der Waals surface area contributed by atoms with Crippen molar-refractivity contribution in [3.63, 3.8) is 0 Å². The molecule has 4 nitrogen and oxygen atoms in total. The highest BCUT2D eigenvalue weighted by Gasteiger charge is 2.47. The van der Waals surface area contributed by atoms with Gasteiger partial charge in [0.25, 0.3) is 8.32 Å². The number of aliphatic hydroxyl groups is 1. The molecule has 0 aliphatic carbocycles. The third kappa shape index (κ3) is 4.85. The summed E-state index contributed by atoms with van der Waals surface area (Å²) in [6.07, 6.45) is 0.0622. The summed E-state index contributed by atoms with van der Waals surface area (Å²) in [4.78, 5) is 11.8. The summed E-state index contributed by atoms with van der Waals surface area (Å²) in [7, 11) is -2.11. The van der Waals surface area contributed by atoms with E-state index in [9.17, 15) is 9.90 Å². The van der Waals surface area contributed by atoms with E-state index in [1.165, 1.54) is 6.92 Å². The van der Waals surface area contributed by atoms with Gasteiger partial charge in [0.05, 0.1) is 12.4 Å². The van der Waals surface area contributed by atoms with E-state index in [1.54, 1.807) is 6.92 Å². The summed E-state index contributed by atoms with van der Waals surface area (Å²) in [5.74, 6) is -0.161. The van der Waals surface area contributed by atoms with Crippen molar-refractivity contribution in [1.29, 1.82) is 0 Å². The zero-order valence-electron chi connectivity index (χ0n) is 15.5. The molecule has 0 rings (SSSR count). The Hall–Kier alpha value is -0.813. The maximum absolute atomic E-state index is 11.8. The summed E-state index contributed by atoms with van der Waals surface area (Å²) in [5, 5.41) is 10.3. The Morgan fingerprint density at radius 2 is 1.55 bits per heavy atom. The molecule has 0 bridgehead atoms. The first-order chi connectivity index (χ1) is 9.91. The lowest BCUT2D eigenvalue weighted by Crippen LogP contribution is -2.48. The number of hydrogen-bond donors (Lipinski definition) is 1. The lowest BCUT2D eigenvalue weighted by molar-refractivity contribution is -0.163. The van der Waals surface area contributed by atoms with Gasteiger partial charge in [-0.25, -0.2) is 4.79 Å². The van der Waals surface area contributed by atoms with E-state index >= 15 is 0 Å². The van der Waals surface area contributed by atoms with Crippen LogP contribution in [0.4, 0.5) is 0 Å². The number of rotatable bonds is 9. The third-order valence-electron chi connectivity index (χ3n) is 4.28. The lowest BCUT2D eigenvalue weighted by Gasteiger charge is -2.43. The van der Waals surface area contributed by atoms with Crippen LogP contribution in [0.25, 0.3) is 0 Å². The fraction of sp³-hybridized carbons (Fsp3) is 0.824. The minimum absolute atomic E-state index is 0.0622. The maximum Gasteiger partial charge on any atom is 0.338 e. The van der Waals surface area contributed by atoms with Crippen molar-refractivity contribution in [3.05, 3.63) is 12.3 Å². The van der Waals surface area contributed by atoms with Crippen LogP contribution in [0.2, 0.25) is 16.6 Å². The van der Waals surface area contributed by atoms with Crippen LogP contribution in [0.15, 0.2) is 12.3 Å². The van der Waals surface area contributed by atoms with Gasteiger partial charge in [0.2, 0.25) is 0 Å². The first-order valence-corrected chi connectivity index (χ1v) is 10.3. The standard InChI is InChI=1S/C17H34O4Si/c1-10-20-16(18)17(9,19)11-15(8)21-22(12(2)3,13(4)5)14(6)7/h12-14,19H,8,10-11H2,1-7,9H3/t17-/m0/s1. The lowest BCUT2D eigenvalue weighted by atomic mass is 10.0. The first-order valence-electron chi connectivity index (χ1n) is 8.18. The molecule has 5 heteroatoms. The second-order valence-electron chi connectivity index (χ2n) is 7.13. The van der Waals surface area contributed by atoms with E-state index in [-0.39, 0.29) is 13.0 Å². The largest absolute Gasteiger partial charge is 0.546 e. The average molecular weight is 331 g/mol. The van der Waals surface area contributed by atoms with E-state index in [0.717, 1.165) is 0 Å². The molecule has 0 radical (unpaired) electrons. The number of esters is 1. The number of hydrogen-bond acceptors (Lipinski definition) is 4. The first kappa shape index (κ1) is 21.2. The van der Waals surface area contributed by atoms with Gasteiger partial charge >= 0.3 is 5.97 Å². The quantitative estimate of drug-likeness (QED) is 0.387. The number of carbonyl (C=O) groups excluding carboxylic acids is 1. The summed E-state index contributed by atoms with van der Waals surface area (Å²) in [6.45, 7) is 20.5. The Bertz CT molecular complexity index is 364. The van der Waals surface area contributed by atoms with E-state index in [2.05, 4.69) is 48.1 Å². The minimum atomic E-state index is -2.11. The topological polar surface area (TPSA) is 55.8 Å². The Kier molecular flexibility index (Phi) is 7.85. The molecule has 1 N–H and O–H groups in total. The van der Waals surface area contributed by atoms with E-state index in [1.807, 2.05) is 0 Å². The highest BCUT2D eigenvalue weighted by molar-refractivity contribution is 6.77. The van der Waals surface area contributed by atoms with Crippen LogP contribution in [0.1, 0.15) is 61.8 Å². The fourth-order valence-electron chi connectivity index (χ4n) is 3.38. The summed E-state index contributed by atoms with van der Waals surface area (Å²) in [5.41, 5.74) is -0.358. The van der Waals surface area contributed by atoms with Crippen molar-refractivity contribution < 1.29 is 19.1 Å². The molecule has 0 fully saturated rings. The van der Waals surface area contributed by atoms with Crippen LogP contribution < -0.4 is 0 Å². The highest BCUT2D eigenvalue weighted by Crippen LogP contribution is 2.44. The van der Waals surface area contributed by atoms with Crippen molar-refractivity contribution in [1.82, 2.24) is 0 Å². The van der Waals surface area contributed by atoms with Crippen LogP contribution in [-0.4, -0.2) is 31.6 Å².